The van der Waals surface area contributed by atoms with Gasteiger partial charge in [0, 0.05) is 23.7 Å². The Morgan fingerprint density at radius 2 is 2.17 bits per heavy atom. The summed E-state index contributed by atoms with van der Waals surface area (Å²) in [6.07, 6.45) is 4.18. The molecule has 2 aromatic rings. The van der Waals surface area contributed by atoms with E-state index in [1.54, 1.807) is 37.6 Å². The molecule has 1 aliphatic rings. The summed E-state index contributed by atoms with van der Waals surface area (Å²) in [6.45, 7) is 1.79. The molecule has 23 heavy (non-hydrogen) atoms. The minimum Gasteiger partial charge on any atom is -0.325 e. The normalized spacial score (nSPS) is 18.7. The number of carbonyl (C=O) groups excluding carboxylic acids is 1. The number of aryl methyl sites for hydroxylation is 1. The van der Waals surface area contributed by atoms with Crippen LogP contribution in [-0.2, 0) is 22.0 Å². The van der Waals surface area contributed by atoms with Crippen molar-refractivity contribution in [1.29, 1.82) is 0 Å². The molecule has 1 aliphatic heterocycles. The quantitative estimate of drug-likeness (QED) is 0.920. The van der Waals surface area contributed by atoms with Crippen LogP contribution in [0, 0.1) is 12.7 Å². The second kappa shape index (κ2) is 6.20. The van der Waals surface area contributed by atoms with Gasteiger partial charge < -0.3 is 5.32 Å². The van der Waals surface area contributed by atoms with Gasteiger partial charge in [0.2, 0.25) is 5.91 Å². The highest BCUT2D eigenvalue weighted by molar-refractivity contribution is 7.84. The zero-order chi connectivity index (χ0) is 16.6. The van der Waals surface area contributed by atoms with Crippen molar-refractivity contribution >= 4 is 22.4 Å². The number of amides is 1. The van der Waals surface area contributed by atoms with E-state index in [2.05, 4.69) is 10.3 Å². The number of rotatable bonds is 2. The summed E-state index contributed by atoms with van der Waals surface area (Å²) in [6, 6.07) is 6.46. The molecule has 0 saturated carbocycles. The molecule has 2 heterocycles. The maximum Gasteiger partial charge on any atom is 0.231 e. The fourth-order valence-corrected chi connectivity index (χ4v) is 3.67. The number of hydrogen-bond acceptors (Lipinski definition) is 3. The summed E-state index contributed by atoms with van der Waals surface area (Å²) in [7, 11) is -1.17. The molecule has 0 bridgehead atoms. The van der Waals surface area contributed by atoms with Crippen LogP contribution in [0.25, 0.3) is 0 Å². The monoisotopic (exact) mass is 332 g/mol. The number of carbonyl (C=O) groups is 1. The molecule has 1 N–H and O–H groups in total. The van der Waals surface area contributed by atoms with Crippen molar-refractivity contribution in [2.24, 2.45) is 0 Å². The molecule has 4 nitrogen and oxygen atoms in total. The number of hydrogen-bond donors (Lipinski definition) is 1. The minimum atomic E-state index is -1.17. The van der Waals surface area contributed by atoms with Crippen LogP contribution in [0.2, 0.25) is 0 Å². The van der Waals surface area contributed by atoms with E-state index in [9.17, 15) is 13.4 Å². The molecule has 2 unspecified atom stereocenters. The van der Waals surface area contributed by atoms with E-state index in [0.717, 1.165) is 0 Å². The molecular weight excluding hydrogens is 315 g/mol. The molecule has 0 aliphatic carbocycles. The Morgan fingerprint density at radius 3 is 2.91 bits per heavy atom. The van der Waals surface area contributed by atoms with Crippen LogP contribution >= 0.6 is 0 Å². The molecule has 1 aromatic carbocycles. The van der Waals surface area contributed by atoms with Crippen molar-refractivity contribution in [3.8, 4) is 0 Å². The summed E-state index contributed by atoms with van der Waals surface area (Å²) in [5.41, 5.74) is 2.46. The standard InChI is InChI=1S/C17H17FN2O2S/c1-10-16(23(2)22)8-11(9-19-10)12-6-7-13-14(18)4-3-5-15(13)20-17(12)21/h3-5,8-9,12H,6-7H2,1-2H3,(H,20,21). The average molecular weight is 332 g/mol. The summed E-state index contributed by atoms with van der Waals surface area (Å²) in [5.74, 6) is -0.925. The SMILES string of the molecule is Cc1ncc(C2CCc3c(F)cccc3NC2=O)cc1S(C)=O. The summed E-state index contributed by atoms with van der Waals surface area (Å²) >= 11 is 0. The predicted octanol–water partition coefficient (Wildman–Crippen LogP) is 2.94. The average Bonchev–Trinajstić information content (AvgIpc) is 2.67. The van der Waals surface area contributed by atoms with Crippen molar-refractivity contribution in [1.82, 2.24) is 4.98 Å². The molecule has 0 fully saturated rings. The molecule has 0 saturated heterocycles. The molecule has 6 heteroatoms. The van der Waals surface area contributed by atoms with Gasteiger partial charge in [-0.1, -0.05) is 6.07 Å². The van der Waals surface area contributed by atoms with Crippen LogP contribution in [0.3, 0.4) is 0 Å². The Hall–Kier alpha value is -2.08. The van der Waals surface area contributed by atoms with Crippen molar-refractivity contribution in [3.63, 3.8) is 0 Å². The summed E-state index contributed by atoms with van der Waals surface area (Å²) in [5, 5.41) is 2.79. The first-order valence-electron chi connectivity index (χ1n) is 7.35. The van der Waals surface area contributed by atoms with Crippen LogP contribution in [-0.4, -0.2) is 21.4 Å². The molecule has 0 radical (unpaired) electrons. The van der Waals surface area contributed by atoms with Gasteiger partial charge in [0.25, 0.3) is 0 Å². The maximum absolute atomic E-state index is 13.9. The molecule has 1 aromatic heterocycles. The fourth-order valence-electron chi connectivity index (χ4n) is 2.90. The van der Waals surface area contributed by atoms with Gasteiger partial charge in [-0.15, -0.1) is 0 Å². The number of nitrogens with zero attached hydrogens (tertiary/aromatic N) is 1. The van der Waals surface area contributed by atoms with E-state index >= 15 is 0 Å². The predicted molar refractivity (Wildman–Crippen MR) is 87.4 cm³/mol. The van der Waals surface area contributed by atoms with Crippen molar-refractivity contribution < 1.29 is 13.4 Å². The van der Waals surface area contributed by atoms with Gasteiger partial charge in [-0.3, -0.25) is 14.0 Å². The summed E-state index contributed by atoms with van der Waals surface area (Å²) < 4.78 is 25.7. The first kappa shape index (κ1) is 15.8. The van der Waals surface area contributed by atoms with E-state index in [-0.39, 0.29) is 11.7 Å². The minimum absolute atomic E-state index is 0.187. The summed E-state index contributed by atoms with van der Waals surface area (Å²) in [4.78, 5) is 17.4. The zero-order valence-electron chi connectivity index (χ0n) is 12.9. The van der Waals surface area contributed by atoms with Crippen molar-refractivity contribution in [3.05, 3.63) is 53.1 Å². The van der Waals surface area contributed by atoms with E-state index in [0.29, 0.717) is 40.2 Å². The Kier molecular flexibility index (Phi) is 4.26. The Labute approximate surface area is 136 Å². The van der Waals surface area contributed by atoms with Gasteiger partial charge in [0.15, 0.2) is 0 Å². The third-order valence-corrected chi connectivity index (χ3v) is 5.18. The van der Waals surface area contributed by atoms with E-state index in [4.69, 9.17) is 0 Å². The first-order valence-corrected chi connectivity index (χ1v) is 8.91. The smallest absolute Gasteiger partial charge is 0.231 e. The number of halogens is 1. The van der Waals surface area contributed by atoms with Crippen molar-refractivity contribution in [2.45, 2.75) is 30.6 Å². The highest BCUT2D eigenvalue weighted by Gasteiger charge is 2.27. The molecule has 0 spiro atoms. The largest absolute Gasteiger partial charge is 0.325 e. The number of benzene rings is 1. The number of fused-ring (bicyclic) bond motifs is 1. The Bertz CT molecular complexity index is 807. The van der Waals surface area contributed by atoms with Gasteiger partial charge in [-0.2, -0.15) is 0 Å². The lowest BCUT2D eigenvalue weighted by Crippen LogP contribution is -2.20. The third-order valence-electron chi connectivity index (χ3n) is 4.15. The Morgan fingerprint density at radius 1 is 1.39 bits per heavy atom. The topological polar surface area (TPSA) is 59.1 Å². The third kappa shape index (κ3) is 3.03. The molecule has 3 rings (SSSR count). The van der Waals surface area contributed by atoms with Crippen LogP contribution in [0.1, 0.15) is 29.2 Å². The van der Waals surface area contributed by atoms with Crippen LogP contribution in [0.4, 0.5) is 10.1 Å². The lowest BCUT2D eigenvalue weighted by molar-refractivity contribution is -0.117. The van der Waals surface area contributed by atoms with E-state index in [1.165, 1.54) is 6.07 Å². The van der Waals surface area contributed by atoms with Crippen LogP contribution in [0.15, 0.2) is 35.4 Å². The number of nitrogens with one attached hydrogen (secondary N) is 1. The Balaban J connectivity index is 1.97. The van der Waals surface area contributed by atoms with Gasteiger partial charge in [-0.05, 0) is 43.5 Å². The van der Waals surface area contributed by atoms with Gasteiger partial charge in [0.1, 0.15) is 5.82 Å². The van der Waals surface area contributed by atoms with Gasteiger partial charge in [-0.25, -0.2) is 4.39 Å². The van der Waals surface area contributed by atoms with Crippen LogP contribution in [0.5, 0.6) is 0 Å². The lowest BCUT2D eigenvalue weighted by Gasteiger charge is -2.14. The maximum atomic E-state index is 13.9. The lowest BCUT2D eigenvalue weighted by atomic mass is 9.94. The molecule has 2 atom stereocenters. The number of aromatic nitrogens is 1. The molecule has 120 valence electrons. The number of pyridine rings is 1. The van der Waals surface area contributed by atoms with Crippen molar-refractivity contribution in [2.75, 3.05) is 11.6 Å². The van der Waals surface area contributed by atoms with Gasteiger partial charge in [0.05, 0.1) is 27.3 Å². The van der Waals surface area contributed by atoms with E-state index < -0.39 is 16.7 Å². The highest BCUT2D eigenvalue weighted by atomic mass is 32.2. The second-order valence-corrected chi connectivity index (χ2v) is 7.00. The second-order valence-electron chi connectivity index (χ2n) is 5.65. The first-order chi connectivity index (χ1) is 11.0. The molecule has 1 amide bonds. The zero-order valence-corrected chi connectivity index (χ0v) is 13.7. The molecular formula is C17H17FN2O2S. The van der Waals surface area contributed by atoms with Crippen LogP contribution < -0.4 is 5.32 Å². The van der Waals surface area contributed by atoms with E-state index in [1.807, 2.05) is 0 Å². The fraction of sp³-hybridized carbons (Fsp3) is 0.294. The highest BCUT2D eigenvalue weighted by Crippen LogP contribution is 2.32. The van der Waals surface area contributed by atoms with Gasteiger partial charge >= 0.3 is 0 Å². The number of anilines is 1.